The Kier molecular flexibility index (Phi) is 5.03. The number of rotatable bonds is 6. The number of hydrogen-bond donors (Lipinski definition) is 0. The molecule has 0 aromatic carbocycles. The Hall–Kier alpha value is -1.37. The summed E-state index contributed by atoms with van der Waals surface area (Å²) in [5.41, 5.74) is 0.852. The highest BCUT2D eigenvalue weighted by Crippen LogP contribution is 2.24. The lowest BCUT2D eigenvalue weighted by molar-refractivity contribution is 0.462. The number of aromatic nitrogens is 1. The van der Waals surface area contributed by atoms with Crippen LogP contribution in [-0.2, 0) is 22.3 Å². The SMILES string of the molecule is Cc1oc(CCl)cc1S(=O)(=O)N(C)CCc1ccccn1. The van der Waals surface area contributed by atoms with Gasteiger partial charge < -0.3 is 4.42 Å². The first-order valence-electron chi connectivity index (χ1n) is 6.46. The zero-order valence-corrected chi connectivity index (χ0v) is 13.5. The van der Waals surface area contributed by atoms with Crippen molar-refractivity contribution >= 4 is 21.6 Å². The molecule has 0 aliphatic rings. The van der Waals surface area contributed by atoms with Crippen molar-refractivity contribution in [2.45, 2.75) is 24.1 Å². The van der Waals surface area contributed by atoms with E-state index in [1.165, 1.54) is 10.4 Å². The van der Waals surface area contributed by atoms with Crippen molar-refractivity contribution in [3.8, 4) is 0 Å². The zero-order valence-electron chi connectivity index (χ0n) is 11.9. The van der Waals surface area contributed by atoms with Crippen LogP contribution in [0.3, 0.4) is 0 Å². The van der Waals surface area contributed by atoms with Gasteiger partial charge in [-0.1, -0.05) is 6.07 Å². The molecule has 0 unspecified atom stereocenters. The Bertz CT molecular complexity index is 698. The summed E-state index contributed by atoms with van der Waals surface area (Å²) in [5, 5.41) is 0. The minimum atomic E-state index is -3.58. The van der Waals surface area contributed by atoms with Crippen molar-refractivity contribution in [1.29, 1.82) is 0 Å². The molecule has 2 aromatic heterocycles. The number of nitrogens with zero attached hydrogens (tertiary/aromatic N) is 2. The van der Waals surface area contributed by atoms with Gasteiger partial charge in [0.05, 0.1) is 5.88 Å². The summed E-state index contributed by atoms with van der Waals surface area (Å²) in [5.74, 6) is 0.954. The smallest absolute Gasteiger partial charge is 0.246 e. The topological polar surface area (TPSA) is 63.4 Å². The third-order valence-electron chi connectivity index (χ3n) is 3.15. The van der Waals surface area contributed by atoms with Crippen LogP contribution in [0.15, 0.2) is 39.8 Å². The average Bonchev–Trinajstić information content (AvgIpc) is 2.87. The van der Waals surface area contributed by atoms with Gasteiger partial charge in [-0.25, -0.2) is 12.7 Å². The van der Waals surface area contributed by atoms with Crippen molar-refractivity contribution in [3.05, 3.63) is 47.7 Å². The van der Waals surface area contributed by atoms with Gasteiger partial charge in [0.15, 0.2) is 0 Å². The Morgan fingerprint density at radius 2 is 2.14 bits per heavy atom. The maximum atomic E-state index is 12.5. The minimum absolute atomic E-state index is 0.147. The highest BCUT2D eigenvalue weighted by atomic mass is 35.5. The van der Waals surface area contributed by atoms with Crippen LogP contribution in [-0.4, -0.2) is 31.3 Å². The van der Waals surface area contributed by atoms with Gasteiger partial charge in [0, 0.05) is 38.0 Å². The van der Waals surface area contributed by atoms with Crippen LogP contribution in [0.25, 0.3) is 0 Å². The number of sulfonamides is 1. The number of likely N-dealkylation sites (N-methyl/N-ethyl adjacent to an activating group) is 1. The minimum Gasteiger partial charge on any atom is -0.464 e. The molecular weight excluding hydrogens is 312 g/mol. The molecule has 7 heteroatoms. The first-order valence-corrected chi connectivity index (χ1v) is 8.44. The van der Waals surface area contributed by atoms with Crippen molar-refractivity contribution in [2.24, 2.45) is 0 Å². The van der Waals surface area contributed by atoms with E-state index in [2.05, 4.69) is 4.98 Å². The molecule has 0 amide bonds. The van der Waals surface area contributed by atoms with E-state index in [1.807, 2.05) is 18.2 Å². The fourth-order valence-corrected chi connectivity index (χ4v) is 3.44. The Morgan fingerprint density at radius 3 is 2.71 bits per heavy atom. The molecule has 0 atom stereocenters. The lowest BCUT2D eigenvalue weighted by atomic mass is 10.3. The van der Waals surface area contributed by atoms with Gasteiger partial charge in [0.25, 0.3) is 0 Å². The summed E-state index contributed by atoms with van der Waals surface area (Å²) in [6.07, 6.45) is 2.24. The molecule has 2 rings (SSSR count). The van der Waals surface area contributed by atoms with E-state index in [4.69, 9.17) is 16.0 Å². The zero-order chi connectivity index (χ0) is 15.5. The molecule has 0 aliphatic heterocycles. The largest absolute Gasteiger partial charge is 0.464 e. The first-order chi connectivity index (χ1) is 9.95. The average molecular weight is 329 g/mol. The van der Waals surface area contributed by atoms with Crippen molar-refractivity contribution in [3.63, 3.8) is 0 Å². The van der Waals surface area contributed by atoms with Crippen LogP contribution in [0.2, 0.25) is 0 Å². The number of alkyl halides is 1. The second-order valence-electron chi connectivity index (χ2n) is 4.66. The third kappa shape index (κ3) is 3.64. The van der Waals surface area contributed by atoms with E-state index in [-0.39, 0.29) is 10.8 Å². The second kappa shape index (κ2) is 6.60. The van der Waals surface area contributed by atoms with Gasteiger partial charge in [-0.05, 0) is 19.1 Å². The molecule has 0 N–H and O–H groups in total. The number of aryl methyl sites for hydroxylation is 1. The highest BCUT2D eigenvalue weighted by Gasteiger charge is 2.25. The lowest BCUT2D eigenvalue weighted by Crippen LogP contribution is -2.29. The summed E-state index contributed by atoms with van der Waals surface area (Å²) in [7, 11) is -2.03. The van der Waals surface area contributed by atoms with Crippen molar-refractivity contribution < 1.29 is 12.8 Å². The van der Waals surface area contributed by atoms with E-state index in [1.54, 1.807) is 20.2 Å². The first kappa shape index (κ1) is 16.0. The molecule has 21 heavy (non-hydrogen) atoms. The Labute approximate surface area is 129 Å². The van der Waals surface area contributed by atoms with Crippen LogP contribution in [0, 0.1) is 6.92 Å². The summed E-state index contributed by atoms with van der Waals surface area (Å²) in [6, 6.07) is 7.06. The summed E-state index contributed by atoms with van der Waals surface area (Å²) >= 11 is 5.67. The molecule has 0 fully saturated rings. The van der Waals surface area contributed by atoms with Crippen LogP contribution in [0.4, 0.5) is 0 Å². The predicted octanol–water partition coefficient (Wildman–Crippen LogP) is 2.59. The van der Waals surface area contributed by atoms with Gasteiger partial charge in [0.2, 0.25) is 10.0 Å². The molecule has 0 aliphatic carbocycles. The molecule has 0 radical (unpaired) electrons. The van der Waals surface area contributed by atoms with E-state index in [0.717, 1.165) is 5.69 Å². The van der Waals surface area contributed by atoms with Gasteiger partial charge in [-0.15, -0.1) is 11.6 Å². The lowest BCUT2D eigenvalue weighted by Gasteiger charge is -2.16. The van der Waals surface area contributed by atoms with Crippen LogP contribution >= 0.6 is 11.6 Å². The van der Waals surface area contributed by atoms with Gasteiger partial charge in [-0.2, -0.15) is 0 Å². The normalized spacial score (nSPS) is 12.0. The molecule has 0 saturated carbocycles. The quantitative estimate of drug-likeness (QED) is 0.765. The number of hydrogen-bond acceptors (Lipinski definition) is 4. The highest BCUT2D eigenvalue weighted by molar-refractivity contribution is 7.89. The molecule has 114 valence electrons. The summed E-state index contributed by atoms with van der Waals surface area (Å²) < 4.78 is 31.6. The predicted molar refractivity (Wildman–Crippen MR) is 80.8 cm³/mol. The Balaban J connectivity index is 2.13. The van der Waals surface area contributed by atoms with Gasteiger partial charge in [0.1, 0.15) is 16.4 Å². The number of halogens is 1. The molecule has 0 spiro atoms. The van der Waals surface area contributed by atoms with E-state index >= 15 is 0 Å². The molecule has 0 bridgehead atoms. The standard InChI is InChI=1S/C14H17ClN2O3S/c1-11-14(9-13(10-15)20-11)21(18,19)17(2)8-6-12-5-3-4-7-16-12/h3-5,7,9H,6,8,10H2,1-2H3. The maximum Gasteiger partial charge on any atom is 0.246 e. The fraction of sp³-hybridized carbons (Fsp3) is 0.357. The summed E-state index contributed by atoms with van der Waals surface area (Å²) in [6.45, 7) is 1.97. The van der Waals surface area contributed by atoms with Crippen LogP contribution in [0.1, 0.15) is 17.2 Å². The van der Waals surface area contributed by atoms with Crippen molar-refractivity contribution in [2.75, 3.05) is 13.6 Å². The monoisotopic (exact) mass is 328 g/mol. The maximum absolute atomic E-state index is 12.5. The molecule has 5 nitrogen and oxygen atoms in total. The molecular formula is C14H17ClN2O3S. The summed E-state index contributed by atoms with van der Waals surface area (Å²) in [4.78, 5) is 4.35. The fourth-order valence-electron chi connectivity index (χ4n) is 1.95. The van der Waals surface area contributed by atoms with Crippen LogP contribution in [0.5, 0.6) is 0 Å². The van der Waals surface area contributed by atoms with Crippen molar-refractivity contribution in [1.82, 2.24) is 9.29 Å². The van der Waals surface area contributed by atoms with Crippen LogP contribution < -0.4 is 0 Å². The number of furan rings is 1. The van der Waals surface area contributed by atoms with E-state index < -0.39 is 10.0 Å². The second-order valence-corrected chi connectivity index (χ2v) is 6.94. The van der Waals surface area contributed by atoms with E-state index in [0.29, 0.717) is 24.5 Å². The molecule has 2 aromatic rings. The number of pyridine rings is 1. The van der Waals surface area contributed by atoms with E-state index in [9.17, 15) is 8.42 Å². The molecule has 0 saturated heterocycles. The van der Waals surface area contributed by atoms with Gasteiger partial charge in [-0.3, -0.25) is 4.98 Å². The third-order valence-corrected chi connectivity index (χ3v) is 5.38. The molecule has 2 heterocycles. The van der Waals surface area contributed by atoms with Gasteiger partial charge >= 0.3 is 0 Å². The Morgan fingerprint density at radius 1 is 1.38 bits per heavy atom.